The molecule has 2 aromatic carbocycles. The maximum absolute atomic E-state index is 14.0. The van der Waals surface area contributed by atoms with Crippen LogP contribution >= 0.6 is 0 Å². The highest BCUT2D eigenvalue weighted by molar-refractivity contribution is 6.20. The van der Waals surface area contributed by atoms with Crippen molar-refractivity contribution in [1.29, 1.82) is 0 Å². The number of anilines is 1. The number of hydrogen-bond acceptors (Lipinski definition) is 6. The first-order valence-electron chi connectivity index (χ1n) is 14.1. The molecule has 3 saturated heterocycles. The molecule has 4 aliphatic rings. The number of fused-ring (bicyclic) bond motifs is 6. The van der Waals surface area contributed by atoms with Crippen molar-refractivity contribution in [3.05, 3.63) is 64.3 Å². The molecule has 0 bridgehead atoms. The normalized spacial score (nSPS) is 22.3. The fraction of sp³-hybridized carbons (Fsp3) is 0.484. The van der Waals surface area contributed by atoms with E-state index in [1.165, 1.54) is 24.1 Å². The second kappa shape index (κ2) is 9.63. The van der Waals surface area contributed by atoms with Gasteiger partial charge in [0.2, 0.25) is 0 Å². The molecule has 0 saturated carbocycles. The lowest BCUT2D eigenvalue weighted by molar-refractivity contribution is 0.0115. The molecule has 0 radical (unpaired) electrons. The van der Waals surface area contributed by atoms with Crippen LogP contribution in [0.3, 0.4) is 0 Å². The summed E-state index contributed by atoms with van der Waals surface area (Å²) in [5.74, 6) is 0.132. The van der Waals surface area contributed by atoms with E-state index in [1.807, 2.05) is 12.3 Å². The van der Waals surface area contributed by atoms with Gasteiger partial charge in [0, 0.05) is 92.0 Å². The van der Waals surface area contributed by atoms with E-state index < -0.39 is 0 Å². The standard InChI is InChI=1S/C31H36N4O3/c1-32-20-21-2-4-25-27(18-21)33-30-28(25)29(36)24-5-3-23(19-26(24)31(30)8-14-37-15-9-31)34-10-6-22(7-11-34)35-12-16-38-17-13-35/h2-5,18-20,22,33H,6-17H2,1H3. The molecule has 1 N–H and O–H groups in total. The number of aliphatic imine (C=N–C) groups is 1. The maximum atomic E-state index is 14.0. The van der Waals surface area contributed by atoms with Gasteiger partial charge in [0.1, 0.15) is 0 Å². The Kier molecular flexibility index (Phi) is 6.10. The van der Waals surface area contributed by atoms with Gasteiger partial charge < -0.3 is 19.4 Å². The highest BCUT2D eigenvalue weighted by atomic mass is 16.5. The lowest BCUT2D eigenvalue weighted by Gasteiger charge is -2.43. The molecule has 3 fully saturated rings. The minimum absolute atomic E-state index is 0.132. The Morgan fingerprint density at radius 2 is 1.74 bits per heavy atom. The number of carbonyl (C=O) groups is 1. The van der Waals surface area contributed by atoms with E-state index in [0.717, 1.165) is 85.5 Å². The number of benzene rings is 2. The number of ketones is 1. The van der Waals surface area contributed by atoms with Crippen LogP contribution in [0.4, 0.5) is 5.69 Å². The largest absolute Gasteiger partial charge is 0.381 e. The summed E-state index contributed by atoms with van der Waals surface area (Å²) < 4.78 is 11.4. The zero-order chi connectivity index (χ0) is 25.7. The topological polar surface area (TPSA) is 70.2 Å². The molecule has 7 nitrogen and oxygen atoms in total. The second-order valence-corrected chi connectivity index (χ2v) is 11.2. The number of morpholine rings is 1. The van der Waals surface area contributed by atoms with E-state index in [0.29, 0.717) is 19.3 Å². The molecule has 3 aliphatic heterocycles. The molecule has 7 heteroatoms. The summed E-state index contributed by atoms with van der Waals surface area (Å²) in [5, 5.41) is 1.00. The van der Waals surface area contributed by atoms with Crippen molar-refractivity contribution in [3.8, 4) is 0 Å². The molecular weight excluding hydrogens is 476 g/mol. The Morgan fingerprint density at radius 3 is 2.50 bits per heavy atom. The molecule has 0 amide bonds. The van der Waals surface area contributed by atoms with Crippen LogP contribution in [-0.4, -0.2) is 87.6 Å². The zero-order valence-corrected chi connectivity index (χ0v) is 22.2. The average Bonchev–Trinajstić information content (AvgIpc) is 3.37. The molecule has 0 unspecified atom stereocenters. The summed E-state index contributed by atoms with van der Waals surface area (Å²) in [6, 6.07) is 13.5. The number of nitrogens with zero attached hydrogens (tertiary/aromatic N) is 3. The summed E-state index contributed by atoms with van der Waals surface area (Å²) in [4.78, 5) is 27.0. The van der Waals surface area contributed by atoms with Gasteiger partial charge in [-0.25, -0.2) is 0 Å². The number of nitrogens with one attached hydrogen (secondary N) is 1. The van der Waals surface area contributed by atoms with Gasteiger partial charge in [0.25, 0.3) is 0 Å². The molecular formula is C31H36N4O3. The monoisotopic (exact) mass is 512 g/mol. The van der Waals surface area contributed by atoms with Gasteiger partial charge in [-0.15, -0.1) is 0 Å². The fourth-order valence-corrected chi connectivity index (χ4v) is 7.30. The second-order valence-electron chi connectivity index (χ2n) is 11.2. The lowest BCUT2D eigenvalue weighted by Crippen LogP contribution is -2.49. The van der Waals surface area contributed by atoms with E-state index >= 15 is 0 Å². The van der Waals surface area contributed by atoms with Crippen molar-refractivity contribution in [2.45, 2.75) is 37.1 Å². The first kappa shape index (κ1) is 24.1. The summed E-state index contributed by atoms with van der Waals surface area (Å²) >= 11 is 0. The first-order chi connectivity index (χ1) is 18.7. The van der Waals surface area contributed by atoms with Crippen molar-refractivity contribution in [2.75, 3.05) is 64.6 Å². The van der Waals surface area contributed by atoms with Crippen LogP contribution in [0.5, 0.6) is 0 Å². The lowest BCUT2D eigenvalue weighted by atomic mass is 9.64. The maximum Gasteiger partial charge on any atom is 0.195 e. The van der Waals surface area contributed by atoms with Gasteiger partial charge in [-0.05, 0) is 61.1 Å². The van der Waals surface area contributed by atoms with Crippen LogP contribution in [0.1, 0.15) is 58.4 Å². The minimum atomic E-state index is -0.239. The van der Waals surface area contributed by atoms with E-state index in [1.54, 1.807) is 7.05 Å². The molecule has 1 aromatic heterocycles. The molecule has 0 atom stereocenters. The van der Waals surface area contributed by atoms with Gasteiger partial charge >= 0.3 is 0 Å². The Balaban J connectivity index is 1.26. The van der Waals surface area contributed by atoms with E-state index in [2.05, 4.69) is 50.1 Å². The fourth-order valence-electron chi connectivity index (χ4n) is 7.30. The minimum Gasteiger partial charge on any atom is -0.381 e. The van der Waals surface area contributed by atoms with Crippen LogP contribution in [0.25, 0.3) is 10.9 Å². The number of H-pyrrole nitrogens is 1. The Labute approximate surface area is 223 Å². The number of aromatic amines is 1. The summed E-state index contributed by atoms with van der Waals surface area (Å²) in [6.45, 7) is 7.30. The number of aromatic nitrogens is 1. The van der Waals surface area contributed by atoms with Crippen LogP contribution in [0.15, 0.2) is 41.4 Å². The van der Waals surface area contributed by atoms with E-state index in [4.69, 9.17) is 9.47 Å². The highest BCUT2D eigenvalue weighted by Gasteiger charge is 2.47. The van der Waals surface area contributed by atoms with Gasteiger partial charge in [-0.1, -0.05) is 12.1 Å². The third-order valence-corrected chi connectivity index (χ3v) is 9.31. The van der Waals surface area contributed by atoms with Crippen LogP contribution in [0.2, 0.25) is 0 Å². The summed E-state index contributed by atoms with van der Waals surface area (Å²) in [6.07, 6.45) is 5.95. The highest BCUT2D eigenvalue weighted by Crippen LogP contribution is 2.50. The molecule has 7 rings (SSSR count). The van der Waals surface area contributed by atoms with Crippen molar-refractivity contribution in [2.24, 2.45) is 4.99 Å². The number of ether oxygens (including phenoxy) is 2. The molecule has 38 heavy (non-hydrogen) atoms. The van der Waals surface area contributed by atoms with Crippen LogP contribution in [0, 0.1) is 0 Å². The summed E-state index contributed by atoms with van der Waals surface area (Å²) in [7, 11) is 1.78. The van der Waals surface area contributed by atoms with Crippen molar-refractivity contribution >= 4 is 28.6 Å². The predicted octanol–water partition coefficient (Wildman–Crippen LogP) is 4.16. The quantitative estimate of drug-likeness (QED) is 0.534. The summed E-state index contributed by atoms with van der Waals surface area (Å²) in [5.41, 5.74) is 6.98. The SMILES string of the molecule is CN=Cc1ccc2c3c([nH]c2c1)C1(CCOCC1)c1cc(N2CCC(N4CCOCC4)CC2)ccc1C3=O. The molecule has 1 aliphatic carbocycles. The third kappa shape index (κ3) is 3.82. The average molecular weight is 513 g/mol. The zero-order valence-electron chi connectivity index (χ0n) is 22.2. The molecule has 4 heterocycles. The first-order valence-corrected chi connectivity index (χ1v) is 14.1. The predicted molar refractivity (Wildman–Crippen MR) is 150 cm³/mol. The van der Waals surface area contributed by atoms with Crippen molar-refractivity contribution < 1.29 is 14.3 Å². The van der Waals surface area contributed by atoms with Crippen molar-refractivity contribution in [3.63, 3.8) is 0 Å². The Morgan fingerprint density at radius 1 is 0.974 bits per heavy atom. The van der Waals surface area contributed by atoms with Gasteiger partial charge in [-0.3, -0.25) is 14.7 Å². The number of piperidine rings is 1. The van der Waals surface area contributed by atoms with E-state index in [-0.39, 0.29) is 11.2 Å². The molecule has 1 spiro atoms. The van der Waals surface area contributed by atoms with Gasteiger partial charge in [0.15, 0.2) is 5.78 Å². The smallest absolute Gasteiger partial charge is 0.195 e. The van der Waals surface area contributed by atoms with Crippen LogP contribution in [-0.2, 0) is 14.9 Å². The number of rotatable bonds is 3. The van der Waals surface area contributed by atoms with Gasteiger partial charge in [0.05, 0.1) is 18.8 Å². The van der Waals surface area contributed by atoms with Crippen molar-refractivity contribution in [1.82, 2.24) is 9.88 Å². The molecule has 198 valence electrons. The Hall–Kier alpha value is -3.00. The van der Waals surface area contributed by atoms with E-state index in [9.17, 15) is 4.79 Å². The molecule has 3 aromatic rings. The Bertz CT molecular complexity index is 1390. The van der Waals surface area contributed by atoms with Gasteiger partial charge in [-0.2, -0.15) is 0 Å². The third-order valence-electron chi connectivity index (χ3n) is 9.31. The number of carbonyl (C=O) groups excluding carboxylic acids is 1. The number of hydrogen-bond donors (Lipinski definition) is 1. The van der Waals surface area contributed by atoms with Crippen LogP contribution < -0.4 is 4.90 Å².